The monoisotopic (exact) mass is 363 g/mol. The Bertz CT molecular complexity index is 936. The van der Waals surface area contributed by atoms with Crippen LogP contribution in [0.1, 0.15) is 29.5 Å². The second-order valence-corrected chi connectivity index (χ2v) is 6.34. The Morgan fingerprint density at radius 2 is 2.04 bits per heavy atom. The van der Waals surface area contributed by atoms with Crippen molar-refractivity contribution in [1.29, 1.82) is 5.26 Å². The number of nitrogens with zero attached hydrogens (tertiary/aromatic N) is 4. The first kappa shape index (κ1) is 17.1. The van der Waals surface area contributed by atoms with Gasteiger partial charge < -0.3 is 0 Å². The summed E-state index contributed by atoms with van der Waals surface area (Å²) < 4.78 is 38.8. The van der Waals surface area contributed by atoms with E-state index in [2.05, 4.69) is 20.4 Å². The summed E-state index contributed by atoms with van der Waals surface area (Å²) in [7, 11) is 0. The van der Waals surface area contributed by atoms with Gasteiger partial charge in [0.15, 0.2) is 11.4 Å². The largest absolute Gasteiger partial charge is 0.416 e. The summed E-state index contributed by atoms with van der Waals surface area (Å²) in [6.07, 6.45) is -2.90. The highest BCUT2D eigenvalue weighted by molar-refractivity contribution is 7.15. The first-order chi connectivity index (χ1) is 11.9. The molecule has 128 valence electrons. The van der Waals surface area contributed by atoms with Gasteiger partial charge in [-0.2, -0.15) is 28.7 Å². The van der Waals surface area contributed by atoms with Crippen LogP contribution in [-0.2, 0) is 12.6 Å². The van der Waals surface area contributed by atoms with E-state index in [0.29, 0.717) is 28.4 Å². The number of hydrogen-bond donors (Lipinski definition) is 1. The number of benzene rings is 1. The van der Waals surface area contributed by atoms with Crippen LogP contribution in [0.25, 0.3) is 22.0 Å². The average molecular weight is 363 g/mol. The van der Waals surface area contributed by atoms with Crippen molar-refractivity contribution in [3.8, 4) is 28.0 Å². The SMILES string of the molecule is CCCc1sc(-c2cccc(C(F)(F)F)c2)nc1-c1n[nH]nc1C#N. The number of thiazole rings is 1. The Morgan fingerprint density at radius 1 is 1.24 bits per heavy atom. The van der Waals surface area contributed by atoms with Gasteiger partial charge in [0.2, 0.25) is 0 Å². The molecule has 0 amide bonds. The van der Waals surface area contributed by atoms with Crippen LogP contribution in [0.4, 0.5) is 13.2 Å². The summed E-state index contributed by atoms with van der Waals surface area (Å²) in [5, 5.41) is 19.7. The molecule has 1 N–H and O–H groups in total. The van der Waals surface area contributed by atoms with Crippen molar-refractivity contribution in [3.63, 3.8) is 0 Å². The maximum Gasteiger partial charge on any atom is 0.416 e. The van der Waals surface area contributed by atoms with Gasteiger partial charge in [-0.05, 0) is 18.6 Å². The summed E-state index contributed by atoms with van der Waals surface area (Å²) in [5.41, 5.74) is 0.576. The molecule has 0 aliphatic rings. The van der Waals surface area contributed by atoms with E-state index in [9.17, 15) is 13.2 Å². The fourth-order valence-corrected chi connectivity index (χ4v) is 3.52. The van der Waals surface area contributed by atoms with Gasteiger partial charge in [0.05, 0.1) is 5.56 Å². The Balaban J connectivity index is 2.11. The van der Waals surface area contributed by atoms with Crippen LogP contribution in [0, 0.1) is 11.3 Å². The molecule has 2 heterocycles. The fraction of sp³-hybridized carbons (Fsp3) is 0.250. The van der Waals surface area contributed by atoms with E-state index in [1.165, 1.54) is 17.4 Å². The van der Waals surface area contributed by atoms with Crippen LogP contribution < -0.4 is 0 Å². The van der Waals surface area contributed by atoms with E-state index in [1.807, 2.05) is 13.0 Å². The van der Waals surface area contributed by atoms with E-state index in [1.54, 1.807) is 6.07 Å². The van der Waals surface area contributed by atoms with Crippen molar-refractivity contribution in [2.45, 2.75) is 25.9 Å². The lowest BCUT2D eigenvalue weighted by atomic mass is 10.1. The molecule has 0 fully saturated rings. The molecule has 1 aromatic carbocycles. The molecule has 0 saturated carbocycles. The van der Waals surface area contributed by atoms with E-state index >= 15 is 0 Å². The van der Waals surface area contributed by atoms with Crippen molar-refractivity contribution in [2.75, 3.05) is 0 Å². The summed E-state index contributed by atoms with van der Waals surface area (Å²) in [6.45, 7) is 1.99. The molecule has 0 saturated heterocycles. The van der Waals surface area contributed by atoms with Gasteiger partial charge in [-0.25, -0.2) is 4.98 Å². The van der Waals surface area contributed by atoms with Gasteiger partial charge in [-0.3, -0.25) is 0 Å². The van der Waals surface area contributed by atoms with Gasteiger partial charge >= 0.3 is 6.18 Å². The molecule has 0 atom stereocenters. The van der Waals surface area contributed by atoms with Crippen LogP contribution in [0.3, 0.4) is 0 Å². The highest BCUT2D eigenvalue weighted by atomic mass is 32.1. The zero-order valence-corrected chi connectivity index (χ0v) is 13.9. The Morgan fingerprint density at radius 3 is 2.72 bits per heavy atom. The average Bonchev–Trinajstić information content (AvgIpc) is 3.20. The van der Waals surface area contributed by atoms with Crippen molar-refractivity contribution in [1.82, 2.24) is 20.4 Å². The van der Waals surface area contributed by atoms with E-state index < -0.39 is 11.7 Å². The molecule has 3 aromatic rings. The molecule has 0 radical (unpaired) electrons. The Labute approximate surface area is 145 Å². The van der Waals surface area contributed by atoms with Gasteiger partial charge in [0, 0.05) is 10.4 Å². The third-order valence-electron chi connectivity index (χ3n) is 3.49. The minimum atomic E-state index is -4.41. The van der Waals surface area contributed by atoms with E-state index in [-0.39, 0.29) is 5.69 Å². The molecule has 2 aromatic heterocycles. The lowest BCUT2D eigenvalue weighted by molar-refractivity contribution is -0.137. The lowest BCUT2D eigenvalue weighted by Gasteiger charge is -2.07. The standard InChI is InChI=1S/C16H12F3N5S/c1-2-4-12-14(13-11(8-20)22-24-23-13)21-15(25-12)9-5-3-6-10(7-9)16(17,18)19/h3,5-7H,2,4H2,1H3,(H,22,23,24). The van der Waals surface area contributed by atoms with Crippen molar-refractivity contribution >= 4 is 11.3 Å². The minimum Gasteiger partial charge on any atom is -0.234 e. The molecule has 0 unspecified atom stereocenters. The Kier molecular flexibility index (Phi) is 4.55. The second kappa shape index (κ2) is 6.64. The molecular weight excluding hydrogens is 351 g/mol. The van der Waals surface area contributed by atoms with E-state index in [0.717, 1.165) is 23.4 Å². The number of aromatic nitrogens is 4. The highest BCUT2D eigenvalue weighted by Crippen LogP contribution is 2.37. The molecule has 0 spiro atoms. The first-order valence-electron chi connectivity index (χ1n) is 7.42. The third kappa shape index (κ3) is 3.39. The smallest absolute Gasteiger partial charge is 0.234 e. The molecule has 0 aliphatic heterocycles. The van der Waals surface area contributed by atoms with Crippen LogP contribution in [0.2, 0.25) is 0 Å². The Hall–Kier alpha value is -2.73. The number of hydrogen-bond acceptors (Lipinski definition) is 5. The van der Waals surface area contributed by atoms with Crippen LogP contribution in [0.15, 0.2) is 24.3 Å². The number of aryl methyl sites for hydroxylation is 1. The second-order valence-electron chi connectivity index (χ2n) is 5.25. The van der Waals surface area contributed by atoms with E-state index in [4.69, 9.17) is 5.26 Å². The number of alkyl halides is 3. The highest BCUT2D eigenvalue weighted by Gasteiger charge is 2.31. The normalized spacial score (nSPS) is 11.5. The predicted octanol–water partition coefficient (Wildman–Crippen LogP) is 4.44. The van der Waals surface area contributed by atoms with Gasteiger partial charge in [0.1, 0.15) is 16.8 Å². The molecule has 3 rings (SSSR count). The van der Waals surface area contributed by atoms with Crippen molar-refractivity contribution in [2.24, 2.45) is 0 Å². The molecule has 9 heteroatoms. The van der Waals surface area contributed by atoms with Crippen LogP contribution in [0.5, 0.6) is 0 Å². The molecular formula is C16H12F3N5S. The number of nitriles is 1. The molecule has 0 bridgehead atoms. The number of aromatic amines is 1. The van der Waals surface area contributed by atoms with Gasteiger partial charge in [-0.15, -0.1) is 16.4 Å². The topological polar surface area (TPSA) is 78.2 Å². The molecule has 0 aliphatic carbocycles. The van der Waals surface area contributed by atoms with Crippen molar-refractivity contribution in [3.05, 3.63) is 40.4 Å². The van der Waals surface area contributed by atoms with Gasteiger partial charge in [-0.1, -0.05) is 25.5 Å². The minimum absolute atomic E-state index is 0.109. The lowest BCUT2D eigenvalue weighted by Crippen LogP contribution is -2.04. The third-order valence-corrected chi connectivity index (χ3v) is 4.65. The van der Waals surface area contributed by atoms with Gasteiger partial charge in [0.25, 0.3) is 0 Å². The summed E-state index contributed by atoms with van der Waals surface area (Å²) >= 11 is 1.30. The van der Waals surface area contributed by atoms with Crippen LogP contribution in [-0.4, -0.2) is 20.4 Å². The summed E-state index contributed by atoms with van der Waals surface area (Å²) in [4.78, 5) is 5.31. The number of rotatable bonds is 4. The zero-order valence-electron chi connectivity index (χ0n) is 13.1. The number of H-pyrrole nitrogens is 1. The first-order valence-corrected chi connectivity index (χ1v) is 8.24. The fourth-order valence-electron chi connectivity index (χ4n) is 2.36. The number of nitrogens with one attached hydrogen (secondary N) is 1. The van der Waals surface area contributed by atoms with Crippen molar-refractivity contribution < 1.29 is 13.2 Å². The zero-order chi connectivity index (χ0) is 18.0. The molecule has 25 heavy (non-hydrogen) atoms. The predicted molar refractivity (Wildman–Crippen MR) is 86.6 cm³/mol. The maximum atomic E-state index is 12.9. The summed E-state index contributed by atoms with van der Waals surface area (Å²) in [6, 6.07) is 6.97. The maximum absolute atomic E-state index is 12.9. The molecule has 5 nitrogen and oxygen atoms in total. The van der Waals surface area contributed by atoms with Crippen LogP contribution >= 0.6 is 11.3 Å². The summed E-state index contributed by atoms with van der Waals surface area (Å²) in [5.74, 6) is 0. The number of halogens is 3. The quantitative estimate of drug-likeness (QED) is 0.743.